The van der Waals surface area contributed by atoms with Crippen LogP contribution in [0.4, 0.5) is 0 Å². The van der Waals surface area contributed by atoms with E-state index in [1.807, 2.05) is 24.3 Å². The smallest absolute Gasteiger partial charge is 0.307 e. The molecule has 1 aliphatic heterocycles. The van der Waals surface area contributed by atoms with E-state index >= 15 is 0 Å². The third kappa shape index (κ3) is 3.79. The van der Waals surface area contributed by atoms with Crippen molar-refractivity contribution in [2.75, 3.05) is 11.5 Å². The van der Waals surface area contributed by atoms with Crippen LogP contribution in [0.2, 0.25) is 0 Å². The molecule has 104 valence electrons. The van der Waals surface area contributed by atoms with E-state index in [1.54, 1.807) is 0 Å². The van der Waals surface area contributed by atoms with Crippen molar-refractivity contribution in [1.82, 2.24) is 0 Å². The Morgan fingerprint density at radius 3 is 2.74 bits per heavy atom. The van der Waals surface area contributed by atoms with Gasteiger partial charge in [-0.25, -0.2) is 8.42 Å². The van der Waals surface area contributed by atoms with Gasteiger partial charge < -0.3 is 5.11 Å². The van der Waals surface area contributed by atoms with E-state index in [-0.39, 0.29) is 17.4 Å². The van der Waals surface area contributed by atoms with Gasteiger partial charge >= 0.3 is 5.97 Å². The van der Waals surface area contributed by atoms with E-state index < -0.39 is 21.7 Å². The van der Waals surface area contributed by atoms with Crippen molar-refractivity contribution in [3.05, 3.63) is 34.3 Å². The summed E-state index contributed by atoms with van der Waals surface area (Å²) in [6, 6.07) is 7.46. The maximum absolute atomic E-state index is 11.5. The van der Waals surface area contributed by atoms with E-state index in [9.17, 15) is 18.3 Å². The maximum atomic E-state index is 11.5. The van der Waals surface area contributed by atoms with Crippen LogP contribution in [-0.4, -0.2) is 31.0 Å². The first-order chi connectivity index (χ1) is 8.87. The van der Waals surface area contributed by atoms with Gasteiger partial charge in [0, 0.05) is 4.47 Å². The topological polar surface area (TPSA) is 71.4 Å². The Morgan fingerprint density at radius 2 is 2.21 bits per heavy atom. The molecule has 1 heterocycles. The predicted molar refractivity (Wildman–Crippen MR) is 75.7 cm³/mol. The van der Waals surface area contributed by atoms with Crippen LogP contribution in [0.5, 0.6) is 0 Å². The zero-order valence-electron chi connectivity index (χ0n) is 10.3. The number of rotatable bonds is 4. The summed E-state index contributed by atoms with van der Waals surface area (Å²) in [5, 5.41) is 9.33. The number of aliphatic carboxylic acids is 1. The van der Waals surface area contributed by atoms with Gasteiger partial charge in [-0.15, -0.1) is 0 Å². The highest BCUT2D eigenvalue weighted by Crippen LogP contribution is 2.29. The number of halogens is 1. The van der Waals surface area contributed by atoms with E-state index in [0.717, 1.165) is 10.0 Å². The molecule has 4 nitrogen and oxygen atoms in total. The van der Waals surface area contributed by atoms with Crippen LogP contribution >= 0.6 is 15.9 Å². The van der Waals surface area contributed by atoms with Crippen molar-refractivity contribution < 1.29 is 18.3 Å². The van der Waals surface area contributed by atoms with Gasteiger partial charge in [0.25, 0.3) is 0 Å². The SMILES string of the molecule is O=C(O)C(Cc1cccc(Br)c1)C1CCS(=O)(=O)C1. The molecule has 0 amide bonds. The molecular formula is C13H15BrO4S. The Labute approximate surface area is 120 Å². The fourth-order valence-corrected chi connectivity index (χ4v) is 4.84. The first-order valence-electron chi connectivity index (χ1n) is 6.05. The second-order valence-electron chi connectivity index (χ2n) is 4.94. The van der Waals surface area contributed by atoms with Crippen molar-refractivity contribution >= 4 is 31.7 Å². The third-order valence-electron chi connectivity index (χ3n) is 3.50. The Balaban J connectivity index is 2.16. The van der Waals surface area contributed by atoms with Crippen molar-refractivity contribution in [1.29, 1.82) is 0 Å². The molecule has 0 aromatic heterocycles. The summed E-state index contributed by atoms with van der Waals surface area (Å²) in [5.74, 6) is -1.71. The Bertz CT molecular complexity index is 582. The minimum atomic E-state index is -3.05. The molecule has 2 unspecified atom stereocenters. The standard InChI is InChI=1S/C13H15BrO4S/c14-11-3-1-2-9(6-11)7-12(13(15)16)10-4-5-19(17,18)8-10/h1-3,6,10,12H,4-5,7-8H2,(H,15,16). The number of hydrogen-bond acceptors (Lipinski definition) is 3. The molecule has 1 aliphatic rings. The fourth-order valence-electron chi connectivity index (χ4n) is 2.51. The normalized spacial score (nSPS) is 23.1. The highest BCUT2D eigenvalue weighted by molar-refractivity contribution is 9.10. The molecule has 0 aliphatic carbocycles. The highest BCUT2D eigenvalue weighted by Gasteiger charge is 2.37. The lowest BCUT2D eigenvalue weighted by Gasteiger charge is -2.18. The Morgan fingerprint density at radius 1 is 1.47 bits per heavy atom. The van der Waals surface area contributed by atoms with Crippen LogP contribution in [-0.2, 0) is 21.1 Å². The second kappa shape index (κ2) is 5.63. The summed E-state index contributed by atoms with van der Waals surface area (Å²) in [6.07, 6.45) is 0.822. The van der Waals surface area contributed by atoms with Gasteiger partial charge in [-0.2, -0.15) is 0 Å². The van der Waals surface area contributed by atoms with Crippen molar-refractivity contribution in [3.8, 4) is 0 Å². The highest BCUT2D eigenvalue weighted by atomic mass is 79.9. The van der Waals surface area contributed by atoms with Gasteiger partial charge in [-0.1, -0.05) is 28.1 Å². The molecule has 1 aromatic rings. The van der Waals surface area contributed by atoms with Crippen LogP contribution in [0.1, 0.15) is 12.0 Å². The number of carboxylic acid groups (broad SMARTS) is 1. The Hall–Kier alpha value is -0.880. The quantitative estimate of drug-likeness (QED) is 0.906. The summed E-state index contributed by atoms with van der Waals surface area (Å²) in [4.78, 5) is 11.4. The van der Waals surface area contributed by atoms with E-state index in [1.165, 1.54) is 0 Å². The van der Waals surface area contributed by atoms with Crippen LogP contribution in [0.3, 0.4) is 0 Å². The van der Waals surface area contributed by atoms with Crippen molar-refractivity contribution in [2.24, 2.45) is 11.8 Å². The third-order valence-corrected chi connectivity index (χ3v) is 5.79. The molecule has 1 fully saturated rings. The van der Waals surface area contributed by atoms with E-state index in [4.69, 9.17) is 0 Å². The molecule has 0 spiro atoms. The van der Waals surface area contributed by atoms with Gasteiger partial charge in [0.1, 0.15) is 0 Å². The molecule has 1 saturated heterocycles. The van der Waals surface area contributed by atoms with E-state index in [2.05, 4.69) is 15.9 Å². The van der Waals surface area contributed by atoms with Crippen LogP contribution in [0.25, 0.3) is 0 Å². The molecule has 2 rings (SSSR count). The molecule has 19 heavy (non-hydrogen) atoms. The zero-order valence-corrected chi connectivity index (χ0v) is 12.7. The lowest BCUT2D eigenvalue weighted by Crippen LogP contribution is -2.26. The Kier molecular flexibility index (Phi) is 4.30. The van der Waals surface area contributed by atoms with Crippen molar-refractivity contribution in [3.63, 3.8) is 0 Å². The van der Waals surface area contributed by atoms with Crippen LogP contribution in [0.15, 0.2) is 28.7 Å². The summed E-state index contributed by atoms with van der Waals surface area (Å²) < 4.78 is 23.8. The lowest BCUT2D eigenvalue weighted by molar-refractivity contribution is -0.143. The molecule has 1 aromatic carbocycles. The summed E-state index contributed by atoms with van der Waals surface area (Å²) in [5.41, 5.74) is 0.908. The van der Waals surface area contributed by atoms with Crippen molar-refractivity contribution in [2.45, 2.75) is 12.8 Å². The van der Waals surface area contributed by atoms with Gasteiger partial charge in [0.05, 0.1) is 17.4 Å². The van der Waals surface area contributed by atoms with Gasteiger partial charge in [0.15, 0.2) is 9.84 Å². The molecule has 1 N–H and O–H groups in total. The molecule has 0 bridgehead atoms. The average Bonchev–Trinajstić information content (AvgIpc) is 2.66. The van der Waals surface area contributed by atoms with Crippen LogP contribution < -0.4 is 0 Å². The number of benzene rings is 1. The van der Waals surface area contributed by atoms with Gasteiger partial charge in [0.2, 0.25) is 0 Å². The number of carbonyl (C=O) groups is 1. The minimum absolute atomic E-state index is 0.00201. The number of carboxylic acids is 1. The second-order valence-corrected chi connectivity index (χ2v) is 8.09. The van der Waals surface area contributed by atoms with Gasteiger partial charge in [-0.3, -0.25) is 4.79 Å². The fraction of sp³-hybridized carbons (Fsp3) is 0.462. The first-order valence-corrected chi connectivity index (χ1v) is 8.66. The summed E-state index contributed by atoms with van der Waals surface area (Å²) in [7, 11) is -3.05. The molecule has 0 radical (unpaired) electrons. The number of hydrogen-bond donors (Lipinski definition) is 1. The summed E-state index contributed by atoms with van der Waals surface area (Å²) >= 11 is 3.35. The summed E-state index contributed by atoms with van der Waals surface area (Å²) in [6.45, 7) is 0. The average molecular weight is 347 g/mol. The first kappa shape index (κ1) is 14.5. The predicted octanol–water partition coefficient (Wildman–Crippen LogP) is 2.13. The lowest BCUT2D eigenvalue weighted by atomic mass is 9.86. The molecule has 6 heteroatoms. The molecular weight excluding hydrogens is 332 g/mol. The minimum Gasteiger partial charge on any atom is -0.481 e. The molecule has 2 atom stereocenters. The van der Waals surface area contributed by atoms with Gasteiger partial charge in [-0.05, 0) is 36.5 Å². The number of sulfone groups is 1. The monoisotopic (exact) mass is 346 g/mol. The zero-order chi connectivity index (χ0) is 14.0. The van der Waals surface area contributed by atoms with Crippen LogP contribution in [0, 0.1) is 11.8 Å². The van der Waals surface area contributed by atoms with E-state index in [0.29, 0.717) is 12.8 Å². The molecule has 0 saturated carbocycles. The largest absolute Gasteiger partial charge is 0.481 e. The maximum Gasteiger partial charge on any atom is 0.307 e.